The van der Waals surface area contributed by atoms with E-state index in [9.17, 15) is 4.79 Å². The Morgan fingerprint density at radius 2 is 2.00 bits per heavy atom. The number of nitrogens with one attached hydrogen (secondary N) is 1. The first-order valence-corrected chi connectivity index (χ1v) is 7.29. The number of hydrogen-bond acceptors (Lipinski definition) is 3. The van der Waals surface area contributed by atoms with Crippen LogP contribution < -0.4 is 11.1 Å². The Morgan fingerprint density at radius 1 is 1.35 bits per heavy atom. The second kappa shape index (κ2) is 8.72. The molecule has 112 valence electrons. The monoisotopic (exact) mass is 277 g/mol. The number of hydrogen-bond donors (Lipinski definition) is 2. The van der Waals surface area contributed by atoms with Gasteiger partial charge in [-0.05, 0) is 26.0 Å². The molecule has 4 nitrogen and oxygen atoms in total. The first-order chi connectivity index (χ1) is 9.56. The Bertz CT molecular complexity index is 403. The van der Waals surface area contributed by atoms with Crippen molar-refractivity contribution in [1.29, 1.82) is 0 Å². The minimum atomic E-state index is 0.0770. The molecule has 20 heavy (non-hydrogen) atoms. The molecular formula is C16H27N3O. The average molecular weight is 277 g/mol. The van der Waals surface area contributed by atoms with Crippen LogP contribution in [0.1, 0.15) is 30.9 Å². The molecule has 0 fully saturated rings. The molecule has 1 unspecified atom stereocenters. The van der Waals surface area contributed by atoms with Crippen LogP contribution in [0.25, 0.3) is 0 Å². The number of nitrogens with two attached hydrogens (primary N) is 1. The second-order valence-corrected chi connectivity index (χ2v) is 5.34. The molecule has 0 aliphatic carbocycles. The smallest absolute Gasteiger partial charge is 0.221 e. The molecule has 4 heteroatoms. The Balaban J connectivity index is 2.51. The molecule has 0 radical (unpaired) electrons. The Morgan fingerprint density at radius 3 is 2.55 bits per heavy atom. The fourth-order valence-electron chi connectivity index (χ4n) is 2.08. The maximum Gasteiger partial charge on any atom is 0.221 e. The van der Waals surface area contributed by atoms with Gasteiger partial charge in [0.05, 0.1) is 0 Å². The van der Waals surface area contributed by atoms with Crippen LogP contribution in [0.2, 0.25) is 0 Å². The number of carbonyl (C=O) groups excluding carboxylic acids is 1. The highest BCUT2D eigenvalue weighted by atomic mass is 16.1. The van der Waals surface area contributed by atoms with Crippen molar-refractivity contribution in [3.8, 4) is 0 Å². The van der Waals surface area contributed by atoms with Gasteiger partial charge in [-0.25, -0.2) is 0 Å². The van der Waals surface area contributed by atoms with Gasteiger partial charge in [-0.15, -0.1) is 0 Å². The number of nitrogens with zero attached hydrogens (tertiary/aromatic N) is 1. The molecule has 1 rings (SSSR count). The van der Waals surface area contributed by atoms with E-state index >= 15 is 0 Å². The number of likely N-dealkylation sites (N-methyl/N-ethyl adjacent to an activating group) is 1. The zero-order valence-corrected chi connectivity index (χ0v) is 12.9. The summed E-state index contributed by atoms with van der Waals surface area (Å²) in [6.07, 6.45) is 1.41. The molecule has 0 saturated carbocycles. The number of amides is 1. The maximum absolute atomic E-state index is 11.8. The summed E-state index contributed by atoms with van der Waals surface area (Å²) in [6, 6.07) is 8.53. The zero-order chi connectivity index (χ0) is 15.0. The van der Waals surface area contributed by atoms with Gasteiger partial charge in [-0.3, -0.25) is 9.69 Å². The predicted molar refractivity (Wildman–Crippen MR) is 83.4 cm³/mol. The molecule has 0 saturated heterocycles. The van der Waals surface area contributed by atoms with Gasteiger partial charge in [-0.2, -0.15) is 0 Å². The summed E-state index contributed by atoms with van der Waals surface area (Å²) in [5.74, 6) is 0.0815. The number of rotatable bonds is 8. The molecule has 1 amide bonds. The molecule has 0 aliphatic heterocycles. The Labute approximate surface area is 122 Å². The highest BCUT2D eigenvalue weighted by Gasteiger charge is 2.17. The summed E-state index contributed by atoms with van der Waals surface area (Å²) < 4.78 is 0. The third kappa shape index (κ3) is 5.72. The third-order valence-corrected chi connectivity index (χ3v) is 3.44. The summed E-state index contributed by atoms with van der Waals surface area (Å²) in [5, 5.41) is 2.90. The maximum atomic E-state index is 11.8. The van der Waals surface area contributed by atoms with Crippen LogP contribution in [0.5, 0.6) is 0 Å². The lowest BCUT2D eigenvalue weighted by atomic mass is 10.1. The summed E-state index contributed by atoms with van der Waals surface area (Å²) in [5.41, 5.74) is 8.30. The van der Waals surface area contributed by atoms with Gasteiger partial charge in [0.25, 0.3) is 0 Å². The Hall–Kier alpha value is -1.39. The van der Waals surface area contributed by atoms with E-state index in [-0.39, 0.29) is 11.9 Å². The first-order valence-electron chi connectivity index (χ1n) is 7.29. The van der Waals surface area contributed by atoms with Crippen molar-refractivity contribution < 1.29 is 4.79 Å². The zero-order valence-electron chi connectivity index (χ0n) is 12.9. The largest absolute Gasteiger partial charge is 0.356 e. The third-order valence-electron chi connectivity index (χ3n) is 3.44. The van der Waals surface area contributed by atoms with Gasteiger partial charge >= 0.3 is 0 Å². The van der Waals surface area contributed by atoms with E-state index < -0.39 is 0 Å². The standard InChI is InChI=1S/C16H27N3O/c1-4-9-18-16(20)10-15(11-17)19(3)12-14-7-5-13(2)6-8-14/h5-8,15H,4,9-12,17H2,1-3H3,(H,18,20). The van der Waals surface area contributed by atoms with Gasteiger partial charge in [0.2, 0.25) is 5.91 Å². The van der Waals surface area contributed by atoms with E-state index in [0.29, 0.717) is 13.0 Å². The molecular weight excluding hydrogens is 250 g/mol. The molecule has 0 bridgehead atoms. The second-order valence-electron chi connectivity index (χ2n) is 5.34. The lowest BCUT2D eigenvalue weighted by Crippen LogP contribution is -2.41. The topological polar surface area (TPSA) is 58.4 Å². The predicted octanol–water partition coefficient (Wildman–Crippen LogP) is 1.67. The minimum absolute atomic E-state index is 0.0770. The molecule has 0 heterocycles. The van der Waals surface area contributed by atoms with Crippen molar-refractivity contribution in [2.24, 2.45) is 5.73 Å². The van der Waals surface area contributed by atoms with E-state index in [1.807, 2.05) is 14.0 Å². The van der Waals surface area contributed by atoms with E-state index in [4.69, 9.17) is 5.73 Å². The summed E-state index contributed by atoms with van der Waals surface area (Å²) >= 11 is 0. The molecule has 0 spiro atoms. The molecule has 3 N–H and O–H groups in total. The van der Waals surface area contributed by atoms with Crippen LogP contribution in [-0.2, 0) is 11.3 Å². The molecule has 0 aliphatic rings. The molecule has 1 aromatic carbocycles. The van der Waals surface area contributed by atoms with Crippen molar-refractivity contribution in [3.63, 3.8) is 0 Å². The van der Waals surface area contributed by atoms with E-state index in [1.165, 1.54) is 11.1 Å². The average Bonchev–Trinajstić information content (AvgIpc) is 2.44. The van der Waals surface area contributed by atoms with E-state index in [2.05, 4.69) is 41.4 Å². The number of aryl methyl sites for hydroxylation is 1. The van der Waals surface area contributed by atoms with Crippen LogP contribution in [0, 0.1) is 6.92 Å². The number of carbonyl (C=O) groups is 1. The van der Waals surface area contributed by atoms with Crippen LogP contribution in [0.15, 0.2) is 24.3 Å². The fraction of sp³-hybridized carbons (Fsp3) is 0.562. The number of benzene rings is 1. The molecule has 1 atom stereocenters. The Kier molecular flexibility index (Phi) is 7.26. The minimum Gasteiger partial charge on any atom is -0.356 e. The van der Waals surface area contributed by atoms with Crippen molar-refractivity contribution >= 4 is 5.91 Å². The highest BCUT2D eigenvalue weighted by molar-refractivity contribution is 5.76. The van der Waals surface area contributed by atoms with E-state index in [1.54, 1.807) is 0 Å². The lowest BCUT2D eigenvalue weighted by molar-refractivity contribution is -0.122. The van der Waals surface area contributed by atoms with Crippen molar-refractivity contribution in [3.05, 3.63) is 35.4 Å². The summed E-state index contributed by atoms with van der Waals surface area (Å²) in [4.78, 5) is 13.9. The van der Waals surface area contributed by atoms with Crippen LogP contribution >= 0.6 is 0 Å². The van der Waals surface area contributed by atoms with Crippen molar-refractivity contribution in [2.45, 2.75) is 39.3 Å². The van der Waals surface area contributed by atoms with E-state index in [0.717, 1.165) is 19.5 Å². The normalized spacial score (nSPS) is 12.4. The van der Waals surface area contributed by atoms with Gasteiger partial charge in [0.1, 0.15) is 0 Å². The van der Waals surface area contributed by atoms with Gasteiger partial charge in [0.15, 0.2) is 0 Å². The highest BCUT2D eigenvalue weighted by Crippen LogP contribution is 2.09. The van der Waals surface area contributed by atoms with Crippen molar-refractivity contribution in [1.82, 2.24) is 10.2 Å². The van der Waals surface area contributed by atoms with Crippen LogP contribution in [0.3, 0.4) is 0 Å². The van der Waals surface area contributed by atoms with Crippen LogP contribution in [-0.4, -0.2) is 37.0 Å². The van der Waals surface area contributed by atoms with Gasteiger partial charge in [0, 0.05) is 32.1 Å². The summed E-state index contributed by atoms with van der Waals surface area (Å²) in [7, 11) is 2.02. The van der Waals surface area contributed by atoms with Crippen LogP contribution in [0.4, 0.5) is 0 Å². The quantitative estimate of drug-likeness (QED) is 0.760. The van der Waals surface area contributed by atoms with Gasteiger partial charge in [-0.1, -0.05) is 36.8 Å². The van der Waals surface area contributed by atoms with Gasteiger partial charge < -0.3 is 11.1 Å². The molecule has 0 aromatic heterocycles. The summed E-state index contributed by atoms with van der Waals surface area (Å²) in [6.45, 7) is 6.15. The lowest BCUT2D eigenvalue weighted by Gasteiger charge is -2.26. The SMILES string of the molecule is CCCNC(=O)CC(CN)N(C)Cc1ccc(C)cc1. The fourth-order valence-corrected chi connectivity index (χ4v) is 2.08. The first kappa shape index (κ1) is 16.7. The van der Waals surface area contributed by atoms with Crippen molar-refractivity contribution in [2.75, 3.05) is 20.1 Å². The molecule has 1 aromatic rings.